The summed E-state index contributed by atoms with van der Waals surface area (Å²) in [5.41, 5.74) is 2.10. The number of fused-ring (bicyclic) bond motifs is 1. The molecule has 5 heteroatoms. The fourth-order valence-corrected chi connectivity index (χ4v) is 3.19. The van der Waals surface area contributed by atoms with E-state index in [4.69, 9.17) is 11.6 Å². The molecule has 0 amide bonds. The first kappa shape index (κ1) is 12.7. The molecular weight excluding hydrogens is 260 g/mol. The van der Waals surface area contributed by atoms with Crippen molar-refractivity contribution in [1.29, 1.82) is 0 Å². The zero-order chi connectivity index (χ0) is 13.2. The van der Waals surface area contributed by atoms with Crippen LogP contribution in [0.1, 0.15) is 31.4 Å². The fraction of sp³-hybridized carbons (Fsp3) is 0.571. The van der Waals surface area contributed by atoms with E-state index >= 15 is 0 Å². The first-order valence-electron chi connectivity index (χ1n) is 6.93. The zero-order valence-corrected chi connectivity index (χ0v) is 12.0. The smallest absolute Gasteiger partial charge is 0.154 e. The van der Waals surface area contributed by atoms with Gasteiger partial charge in [-0.2, -0.15) is 5.10 Å². The minimum atomic E-state index is 0.387. The van der Waals surface area contributed by atoms with Gasteiger partial charge in [-0.15, -0.1) is 11.6 Å². The summed E-state index contributed by atoms with van der Waals surface area (Å²) >= 11 is 6.16. The van der Waals surface area contributed by atoms with Crippen LogP contribution in [0.4, 0.5) is 5.82 Å². The number of alkyl halides is 1. The molecule has 0 saturated carbocycles. The number of hydrogen-bond acceptors (Lipinski definition) is 3. The summed E-state index contributed by atoms with van der Waals surface area (Å²) < 4.78 is 1.91. The van der Waals surface area contributed by atoms with Gasteiger partial charge < -0.3 is 4.90 Å². The van der Waals surface area contributed by atoms with Gasteiger partial charge in [-0.1, -0.05) is 12.8 Å². The lowest BCUT2D eigenvalue weighted by molar-refractivity contribution is 0.616. The van der Waals surface area contributed by atoms with Gasteiger partial charge in [0, 0.05) is 30.9 Å². The molecule has 1 fully saturated rings. The number of rotatable bonds is 2. The largest absolute Gasteiger partial charge is 0.351 e. The van der Waals surface area contributed by atoms with E-state index in [9.17, 15) is 0 Å². The average Bonchev–Trinajstić information content (AvgIpc) is 2.65. The molecule has 3 rings (SSSR count). The molecule has 1 aliphatic rings. The van der Waals surface area contributed by atoms with Gasteiger partial charge in [0.1, 0.15) is 5.52 Å². The van der Waals surface area contributed by atoms with Crippen LogP contribution in [0.15, 0.2) is 18.5 Å². The molecular formula is C14H19ClN4. The Balaban J connectivity index is 2.05. The number of aromatic nitrogens is 3. The Morgan fingerprint density at radius 2 is 2.26 bits per heavy atom. The second kappa shape index (κ2) is 5.37. The van der Waals surface area contributed by atoms with Crippen molar-refractivity contribution in [1.82, 2.24) is 14.6 Å². The van der Waals surface area contributed by atoms with Gasteiger partial charge in [-0.25, -0.2) is 9.50 Å². The van der Waals surface area contributed by atoms with Gasteiger partial charge in [0.2, 0.25) is 0 Å². The minimum absolute atomic E-state index is 0.387. The normalized spacial score (nSPS) is 20.7. The lowest BCUT2D eigenvalue weighted by Crippen LogP contribution is -2.37. The lowest BCUT2D eigenvalue weighted by atomic mass is 10.1. The van der Waals surface area contributed by atoms with Crippen molar-refractivity contribution in [3.63, 3.8) is 0 Å². The molecule has 2 aromatic heterocycles. The summed E-state index contributed by atoms with van der Waals surface area (Å²) in [6.07, 6.45) is 8.63. The minimum Gasteiger partial charge on any atom is -0.351 e. The first-order valence-corrected chi connectivity index (χ1v) is 7.46. The number of aryl methyl sites for hydroxylation is 1. The Labute approximate surface area is 118 Å². The molecule has 0 radical (unpaired) electrons. The second-order valence-corrected chi connectivity index (χ2v) is 5.53. The number of hydrogen-bond donors (Lipinski definition) is 0. The maximum atomic E-state index is 6.16. The monoisotopic (exact) mass is 278 g/mol. The van der Waals surface area contributed by atoms with Crippen LogP contribution in [-0.4, -0.2) is 33.1 Å². The molecule has 1 atom stereocenters. The van der Waals surface area contributed by atoms with E-state index < -0.39 is 0 Å². The van der Waals surface area contributed by atoms with Crippen molar-refractivity contribution in [2.24, 2.45) is 0 Å². The zero-order valence-electron chi connectivity index (χ0n) is 11.2. The van der Waals surface area contributed by atoms with Crippen molar-refractivity contribution in [2.75, 3.05) is 17.3 Å². The van der Waals surface area contributed by atoms with E-state index in [0.717, 1.165) is 30.0 Å². The predicted octanol–water partition coefficient (Wildman–Crippen LogP) is 3.03. The van der Waals surface area contributed by atoms with Crippen LogP contribution in [-0.2, 0) is 0 Å². The summed E-state index contributed by atoms with van der Waals surface area (Å²) in [6.45, 7) is 3.05. The molecule has 0 bridgehead atoms. The molecule has 0 N–H and O–H groups in total. The maximum Gasteiger partial charge on any atom is 0.154 e. The highest BCUT2D eigenvalue weighted by Crippen LogP contribution is 2.27. The molecule has 2 aromatic rings. The third kappa shape index (κ3) is 2.41. The van der Waals surface area contributed by atoms with Gasteiger partial charge in [0.25, 0.3) is 0 Å². The molecule has 4 nitrogen and oxygen atoms in total. The summed E-state index contributed by atoms with van der Waals surface area (Å²) in [7, 11) is 0. The van der Waals surface area contributed by atoms with E-state index in [0.29, 0.717) is 11.9 Å². The number of halogens is 1. The van der Waals surface area contributed by atoms with E-state index in [1.165, 1.54) is 19.3 Å². The van der Waals surface area contributed by atoms with Crippen molar-refractivity contribution in [3.05, 3.63) is 24.2 Å². The van der Waals surface area contributed by atoms with Crippen LogP contribution < -0.4 is 4.90 Å². The Morgan fingerprint density at radius 1 is 1.37 bits per heavy atom. The molecule has 19 heavy (non-hydrogen) atoms. The van der Waals surface area contributed by atoms with Crippen LogP contribution in [0.5, 0.6) is 0 Å². The van der Waals surface area contributed by atoms with Crippen molar-refractivity contribution in [2.45, 2.75) is 38.6 Å². The molecule has 3 heterocycles. The molecule has 1 unspecified atom stereocenters. The molecule has 102 valence electrons. The van der Waals surface area contributed by atoms with E-state index in [1.807, 2.05) is 23.8 Å². The summed E-state index contributed by atoms with van der Waals surface area (Å²) in [6, 6.07) is 2.48. The highest BCUT2D eigenvalue weighted by atomic mass is 35.5. The lowest BCUT2D eigenvalue weighted by Gasteiger charge is -2.29. The van der Waals surface area contributed by atoms with Gasteiger partial charge in [-0.3, -0.25) is 0 Å². The molecule has 0 aromatic carbocycles. The van der Waals surface area contributed by atoms with Crippen molar-refractivity contribution >= 4 is 22.9 Å². The third-order valence-corrected chi connectivity index (χ3v) is 4.18. The number of anilines is 1. The molecule has 1 aliphatic heterocycles. The van der Waals surface area contributed by atoms with Crippen molar-refractivity contribution < 1.29 is 0 Å². The van der Waals surface area contributed by atoms with Crippen LogP contribution in [0.25, 0.3) is 5.52 Å². The van der Waals surface area contributed by atoms with Gasteiger partial charge >= 0.3 is 0 Å². The molecule has 0 aliphatic carbocycles. The summed E-state index contributed by atoms with van der Waals surface area (Å²) in [5.74, 6) is 1.69. The average molecular weight is 279 g/mol. The second-order valence-electron chi connectivity index (χ2n) is 5.22. The topological polar surface area (TPSA) is 33.4 Å². The predicted molar refractivity (Wildman–Crippen MR) is 78.0 cm³/mol. The highest BCUT2D eigenvalue weighted by molar-refractivity contribution is 6.18. The third-order valence-electron chi connectivity index (χ3n) is 3.82. The Bertz CT molecular complexity index is 566. The Kier molecular flexibility index (Phi) is 3.60. The van der Waals surface area contributed by atoms with Crippen LogP contribution in [0.3, 0.4) is 0 Å². The van der Waals surface area contributed by atoms with E-state index in [2.05, 4.69) is 21.0 Å². The Hall–Kier alpha value is -1.29. The molecule has 1 saturated heterocycles. The standard InChI is InChI=1S/C14H19ClN4/c1-11-9-13-14(16-6-8-19(13)17-11)18-7-4-2-3-5-12(18)10-15/h6,8-9,12H,2-5,7,10H2,1H3. The summed E-state index contributed by atoms with van der Waals surface area (Å²) in [5, 5.41) is 4.46. The SMILES string of the molecule is Cc1cc2c(N3CCCCCC3CCl)nccn2n1. The van der Waals surface area contributed by atoms with E-state index in [-0.39, 0.29) is 0 Å². The summed E-state index contributed by atoms with van der Waals surface area (Å²) in [4.78, 5) is 6.96. The van der Waals surface area contributed by atoms with Crippen LogP contribution in [0, 0.1) is 6.92 Å². The molecule has 0 spiro atoms. The fourth-order valence-electron chi connectivity index (χ4n) is 2.87. The van der Waals surface area contributed by atoms with Crippen molar-refractivity contribution in [3.8, 4) is 0 Å². The van der Waals surface area contributed by atoms with Crippen LogP contribution >= 0.6 is 11.6 Å². The van der Waals surface area contributed by atoms with Crippen LogP contribution in [0.2, 0.25) is 0 Å². The number of nitrogens with zero attached hydrogens (tertiary/aromatic N) is 4. The van der Waals surface area contributed by atoms with E-state index in [1.54, 1.807) is 0 Å². The van der Waals surface area contributed by atoms with Gasteiger partial charge in [0.15, 0.2) is 5.82 Å². The Morgan fingerprint density at radius 3 is 3.11 bits per heavy atom. The quantitative estimate of drug-likeness (QED) is 0.792. The maximum absolute atomic E-state index is 6.16. The first-order chi connectivity index (χ1) is 9.29. The van der Waals surface area contributed by atoms with Gasteiger partial charge in [0.05, 0.1) is 5.69 Å². The van der Waals surface area contributed by atoms with Gasteiger partial charge in [-0.05, 0) is 25.8 Å². The highest BCUT2D eigenvalue weighted by Gasteiger charge is 2.23.